The number of nitrogens with zero attached hydrogens (tertiary/aromatic N) is 8. The van der Waals surface area contributed by atoms with Crippen LogP contribution in [0.1, 0.15) is 108 Å². The highest BCUT2D eigenvalue weighted by molar-refractivity contribution is 6.00. The minimum atomic E-state index is -5.07. The molecule has 494 valence electrons. The maximum Gasteiger partial charge on any atom is 0.432 e. The third kappa shape index (κ3) is 16.8. The van der Waals surface area contributed by atoms with Crippen molar-refractivity contribution in [3.05, 3.63) is 208 Å². The number of likely N-dealkylation sites (tertiary alicyclic amines) is 1. The van der Waals surface area contributed by atoms with Crippen LogP contribution >= 0.6 is 0 Å². The number of carbonyl (C=O) groups is 3. The zero-order valence-electron chi connectivity index (χ0n) is 48.3. The van der Waals surface area contributed by atoms with Gasteiger partial charge in [0.05, 0.1) is 83.5 Å². The molecular formula is C59H56F12N8O13. The standard InChI is InChI=1S/C33H31F6N3O4.C26H24F6N4O6.HNO3/c1-22(24-14-26(32(34,35)36)16-27(15-24)33(37,38)39)46-20-31(25-10-6-3-7-11-25)13-12-28(41-21-40-17-29(41)43)18-42(31)30(44)45-19-23-8-4-2-5-9-23;1-15(16-9-18(25(27,28)29)11-19(10-16)26(30,31)32)42-14-24(17-5-3-2-4-6-17)8-7-20(12-21(24)35(38)39)34-22(37)13-33-23(34)36(40)41;2-1(3)4/h2-11,14-16,21-22,28H,12-13,17-20H2,1H3;2-6,9-11,15,20-21H,7-8,12-14H2,1H3;(H,2,3,4)/t22-,28+,31-;15-,20+,21?,24-;/m11./s1. The number of rotatable bonds is 15. The van der Waals surface area contributed by atoms with Gasteiger partial charge in [0.2, 0.25) is 11.9 Å². The van der Waals surface area contributed by atoms with E-state index in [1.807, 2.05) is 6.07 Å². The lowest BCUT2D eigenvalue weighted by Crippen LogP contribution is -2.61. The van der Waals surface area contributed by atoms with Crippen molar-refractivity contribution in [1.29, 1.82) is 0 Å². The summed E-state index contributed by atoms with van der Waals surface area (Å²) >= 11 is 0. The average molecular weight is 1310 g/mol. The summed E-state index contributed by atoms with van der Waals surface area (Å²) in [5.41, 5.74) is -7.60. The maximum absolute atomic E-state index is 13.9. The van der Waals surface area contributed by atoms with Gasteiger partial charge in [-0.15, -0.1) is 10.1 Å². The molecule has 0 spiro atoms. The van der Waals surface area contributed by atoms with Gasteiger partial charge in [0.25, 0.3) is 5.09 Å². The van der Waals surface area contributed by atoms with Gasteiger partial charge in [0.15, 0.2) is 6.54 Å². The molecular weight excluding hydrogens is 1260 g/mol. The van der Waals surface area contributed by atoms with Crippen LogP contribution in [0.2, 0.25) is 0 Å². The Hall–Kier alpha value is -9.27. The molecule has 3 amide bonds. The maximum atomic E-state index is 13.9. The number of alkyl halides is 12. The Bertz CT molecular complexity index is 3460. The Labute approximate surface area is 514 Å². The summed E-state index contributed by atoms with van der Waals surface area (Å²) in [6, 6.07) is 25.3. The number of guanidine groups is 1. The number of halogens is 12. The van der Waals surface area contributed by atoms with Crippen molar-refractivity contribution in [2.24, 2.45) is 9.98 Å². The van der Waals surface area contributed by atoms with Gasteiger partial charge in [-0.25, -0.2) is 4.79 Å². The number of carbonyl (C=O) groups excluding carboxylic acids is 3. The highest BCUT2D eigenvalue weighted by atomic mass is 19.4. The molecule has 1 aliphatic carbocycles. The minimum Gasteiger partial charge on any atom is -0.445 e. The van der Waals surface area contributed by atoms with Crippen LogP contribution in [0.15, 0.2) is 137 Å². The molecule has 4 aliphatic rings. The van der Waals surface area contributed by atoms with Crippen LogP contribution in [0.3, 0.4) is 0 Å². The number of amides is 3. The summed E-state index contributed by atoms with van der Waals surface area (Å²) in [7, 11) is 0. The molecule has 7 atom stereocenters. The predicted octanol–water partition coefficient (Wildman–Crippen LogP) is 12.4. The molecule has 9 rings (SSSR count). The zero-order valence-corrected chi connectivity index (χ0v) is 48.3. The number of nitro groups is 2. The second kappa shape index (κ2) is 28.5. The SMILES string of the molecule is C[C@@H](OC[C@@]1(c2ccccc2)CC[C@H](N2C(=O)CN=C2[N+](=O)[O-])CC1[N+](=O)[O-])c1cc(C(F)(F)F)cc(C(F)(F)F)c1.C[C@@H](OC[C@@]1(c2ccccc2)CC[C@H](N2C=NCC2=O)CN1C(=O)OCc1ccccc1)c1cc(C(F)(F)F)cc(C(F)(F)F)c1.O=[N+]([O-])O. The van der Waals surface area contributed by atoms with Gasteiger partial charge in [0.1, 0.15) is 13.2 Å². The number of piperidine rings is 1. The molecule has 1 saturated heterocycles. The van der Waals surface area contributed by atoms with E-state index in [-0.39, 0.29) is 75.6 Å². The van der Waals surface area contributed by atoms with E-state index >= 15 is 0 Å². The summed E-state index contributed by atoms with van der Waals surface area (Å²) in [5.74, 6) is -1.63. The first-order valence-electron chi connectivity index (χ1n) is 27.8. The van der Waals surface area contributed by atoms with Crippen molar-refractivity contribution in [1.82, 2.24) is 14.7 Å². The van der Waals surface area contributed by atoms with E-state index < -0.39 is 140 Å². The molecule has 3 aliphatic heterocycles. The van der Waals surface area contributed by atoms with Gasteiger partial charge < -0.3 is 29.5 Å². The summed E-state index contributed by atoms with van der Waals surface area (Å²) in [6.45, 7) is 1.30. The Balaban J connectivity index is 0.000000248. The quantitative estimate of drug-likeness (QED) is 0.0581. The lowest BCUT2D eigenvalue weighted by Gasteiger charge is -2.50. The summed E-state index contributed by atoms with van der Waals surface area (Å²) in [5, 5.41) is 37.5. The third-order valence-electron chi connectivity index (χ3n) is 16.0. The van der Waals surface area contributed by atoms with E-state index in [4.69, 9.17) is 29.5 Å². The number of ether oxygens (including phenoxy) is 3. The Morgan fingerprint density at radius 2 is 1.10 bits per heavy atom. The fourth-order valence-electron chi connectivity index (χ4n) is 11.4. The molecule has 1 saturated carbocycles. The van der Waals surface area contributed by atoms with Crippen molar-refractivity contribution in [3.63, 3.8) is 0 Å². The van der Waals surface area contributed by atoms with Crippen molar-refractivity contribution >= 4 is 30.2 Å². The third-order valence-corrected chi connectivity index (χ3v) is 16.0. The minimum absolute atomic E-state index is 0.00609. The highest BCUT2D eigenvalue weighted by Gasteiger charge is 2.57. The Morgan fingerprint density at radius 1 is 0.641 bits per heavy atom. The van der Waals surface area contributed by atoms with Crippen molar-refractivity contribution < 1.29 is 101 Å². The van der Waals surface area contributed by atoms with Gasteiger partial charge in [-0.1, -0.05) is 96.0 Å². The largest absolute Gasteiger partial charge is 0.445 e. The number of aliphatic imine (C=N–C) groups is 2. The van der Waals surface area contributed by atoms with Crippen LogP contribution in [0.5, 0.6) is 0 Å². The second-order valence-corrected chi connectivity index (χ2v) is 21.7. The number of hydrogen-bond acceptors (Lipinski definition) is 14. The van der Waals surface area contributed by atoms with Crippen molar-refractivity contribution in [3.8, 4) is 0 Å². The van der Waals surface area contributed by atoms with E-state index in [1.165, 1.54) is 30.0 Å². The smallest absolute Gasteiger partial charge is 0.432 e. The van der Waals surface area contributed by atoms with Crippen LogP contribution in [-0.2, 0) is 66.1 Å². The Kier molecular flexibility index (Phi) is 21.7. The molecule has 5 aromatic carbocycles. The van der Waals surface area contributed by atoms with Gasteiger partial charge in [-0.05, 0) is 109 Å². The summed E-state index contributed by atoms with van der Waals surface area (Å²) in [6.07, 6.45) is -21.7. The Morgan fingerprint density at radius 3 is 1.54 bits per heavy atom. The van der Waals surface area contributed by atoms with Gasteiger partial charge in [0, 0.05) is 11.5 Å². The highest BCUT2D eigenvalue weighted by Crippen LogP contribution is 2.47. The normalized spacial score (nSPS) is 21.7. The van der Waals surface area contributed by atoms with E-state index in [1.54, 1.807) is 84.9 Å². The lowest BCUT2D eigenvalue weighted by molar-refractivity contribution is -0.742. The fourth-order valence-corrected chi connectivity index (χ4v) is 11.4. The first kappa shape index (κ1) is 70.2. The fraction of sp³-hybridized carbons (Fsp3) is 0.407. The molecule has 33 heteroatoms. The van der Waals surface area contributed by atoms with Gasteiger partial charge in [-0.3, -0.25) is 34.5 Å². The first-order chi connectivity index (χ1) is 43.0. The first-order valence-corrected chi connectivity index (χ1v) is 27.8. The lowest BCUT2D eigenvalue weighted by atomic mass is 9.65. The molecule has 0 radical (unpaired) electrons. The van der Waals surface area contributed by atoms with E-state index in [0.717, 1.165) is 10.5 Å². The molecule has 3 heterocycles. The molecule has 1 unspecified atom stereocenters. The van der Waals surface area contributed by atoms with Crippen LogP contribution in [0, 0.1) is 30.3 Å². The van der Waals surface area contributed by atoms with E-state index in [2.05, 4.69) is 9.98 Å². The molecule has 0 aromatic heterocycles. The summed E-state index contributed by atoms with van der Waals surface area (Å²) in [4.78, 5) is 81.1. The molecule has 1 N–H and O–H groups in total. The molecule has 92 heavy (non-hydrogen) atoms. The van der Waals surface area contributed by atoms with Crippen LogP contribution in [0.4, 0.5) is 57.5 Å². The van der Waals surface area contributed by atoms with Crippen LogP contribution in [0.25, 0.3) is 0 Å². The number of benzene rings is 5. The zero-order chi connectivity index (χ0) is 67.7. The second-order valence-electron chi connectivity index (χ2n) is 21.7. The van der Waals surface area contributed by atoms with Crippen LogP contribution in [-0.4, -0.2) is 116 Å². The molecule has 0 bridgehead atoms. The average Bonchev–Trinajstić information content (AvgIpc) is 0.800. The van der Waals surface area contributed by atoms with Crippen molar-refractivity contribution in [2.75, 3.05) is 32.8 Å². The summed E-state index contributed by atoms with van der Waals surface area (Å²) < 4.78 is 180. The predicted molar refractivity (Wildman–Crippen MR) is 298 cm³/mol. The molecule has 5 aromatic rings. The molecule has 2 fully saturated rings. The van der Waals surface area contributed by atoms with Gasteiger partial charge in [-0.2, -0.15) is 57.6 Å². The van der Waals surface area contributed by atoms with Crippen molar-refractivity contribution in [2.45, 2.75) is 119 Å². The van der Waals surface area contributed by atoms with E-state index in [9.17, 15) is 87.3 Å². The molecule has 21 nitrogen and oxygen atoms in total. The number of hydrogen-bond donors (Lipinski definition) is 1. The van der Waals surface area contributed by atoms with Gasteiger partial charge >= 0.3 is 42.7 Å². The topological polar surface area (TPSA) is 263 Å². The van der Waals surface area contributed by atoms with Crippen LogP contribution < -0.4 is 0 Å². The van der Waals surface area contributed by atoms with E-state index in [0.29, 0.717) is 41.8 Å². The monoisotopic (exact) mass is 1310 g/mol.